The van der Waals surface area contributed by atoms with Gasteiger partial charge in [-0.1, -0.05) is 6.92 Å². The van der Waals surface area contributed by atoms with E-state index in [0.717, 1.165) is 42.9 Å². The zero-order chi connectivity index (χ0) is 18.5. The van der Waals surface area contributed by atoms with Gasteiger partial charge in [-0.2, -0.15) is 0 Å². The number of nitrogens with one attached hydrogen (secondary N) is 1. The van der Waals surface area contributed by atoms with Gasteiger partial charge in [0.15, 0.2) is 0 Å². The molecule has 2 heterocycles. The lowest BCUT2D eigenvalue weighted by Gasteiger charge is -2.35. The largest absolute Gasteiger partial charge is 0.378 e. The van der Waals surface area contributed by atoms with Crippen molar-refractivity contribution >= 4 is 23.0 Å². The Balaban J connectivity index is 1.74. The lowest BCUT2D eigenvalue weighted by molar-refractivity contribution is 0.0607. The van der Waals surface area contributed by atoms with Crippen molar-refractivity contribution in [2.45, 2.75) is 38.6 Å². The molecule has 0 aliphatic carbocycles. The monoisotopic (exact) mass is 352 g/mol. The molecule has 1 aromatic heterocycles. The third kappa shape index (κ3) is 4.15. The quantitative estimate of drug-likeness (QED) is 0.872. The summed E-state index contributed by atoms with van der Waals surface area (Å²) in [7, 11) is 4.04. The number of benzene rings is 1. The molecule has 0 spiro atoms. The van der Waals surface area contributed by atoms with Gasteiger partial charge in [0.2, 0.25) is 0 Å². The van der Waals surface area contributed by atoms with Crippen LogP contribution in [-0.2, 0) is 0 Å². The predicted octanol–water partition coefficient (Wildman–Crippen LogP) is 4.30. The molecule has 1 amide bonds. The molecule has 0 radical (unpaired) electrons. The summed E-state index contributed by atoms with van der Waals surface area (Å²) in [5.41, 5.74) is 3.61. The highest BCUT2D eigenvalue weighted by Gasteiger charge is 2.26. The van der Waals surface area contributed by atoms with Crippen molar-refractivity contribution < 1.29 is 4.79 Å². The molecule has 3 rings (SSSR count). The van der Waals surface area contributed by atoms with E-state index in [1.54, 1.807) is 12.4 Å². The van der Waals surface area contributed by atoms with E-state index >= 15 is 0 Å². The molecule has 138 valence electrons. The molecule has 1 unspecified atom stereocenters. The van der Waals surface area contributed by atoms with Gasteiger partial charge >= 0.3 is 0 Å². The van der Waals surface area contributed by atoms with Gasteiger partial charge in [0.1, 0.15) is 0 Å². The van der Waals surface area contributed by atoms with E-state index in [-0.39, 0.29) is 5.91 Å². The number of carbonyl (C=O) groups excluding carboxylic acids is 1. The highest BCUT2D eigenvalue weighted by Crippen LogP contribution is 2.24. The van der Waals surface area contributed by atoms with Crippen LogP contribution in [0.5, 0.6) is 0 Å². The normalized spacial score (nSPS) is 17.0. The van der Waals surface area contributed by atoms with Crippen molar-refractivity contribution in [1.29, 1.82) is 0 Å². The number of rotatable bonds is 5. The van der Waals surface area contributed by atoms with Gasteiger partial charge in [-0.3, -0.25) is 9.78 Å². The van der Waals surface area contributed by atoms with Crippen LogP contribution in [0.3, 0.4) is 0 Å². The zero-order valence-electron chi connectivity index (χ0n) is 15.9. The highest BCUT2D eigenvalue weighted by molar-refractivity contribution is 5.95. The summed E-state index contributed by atoms with van der Waals surface area (Å²) >= 11 is 0. The van der Waals surface area contributed by atoms with E-state index in [0.29, 0.717) is 11.6 Å². The van der Waals surface area contributed by atoms with Crippen LogP contribution in [0.2, 0.25) is 0 Å². The van der Waals surface area contributed by atoms with E-state index in [1.807, 2.05) is 37.2 Å². The predicted molar refractivity (Wildman–Crippen MR) is 107 cm³/mol. The number of carbonyl (C=O) groups is 1. The first-order valence-electron chi connectivity index (χ1n) is 9.39. The Bertz CT molecular complexity index is 742. The molecule has 0 saturated carbocycles. The van der Waals surface area contributed by atoms with Gasteiger partial charge in [-0.25, -0.2) is 0 Å². The summed E-state index contributed by atoms with van der Waals surface area (Å²) in [6.07, 6.45) is 7.84. The molecular formula is C21H28N4O. The summed E-state index contributed by atoms with van der Waals surface area (Å²) in [4.78, 5) is 21.3. The lowest BCUT2D eigenvalue weighted by Crippen LogP contribution is -2.43. The average Bonchev–Trinajstić information content (AvgIpc) is 2.68. The van der Waals surface area contributed by atoms with Gasteiger partial charge in [0.05, 0.1) is 17.4 Å². The van der Waals surface area contributed by atoms with E-state index in [4.69, 9.17) is 0 Å². The van der Waals surface area contributed by atoms with Crippen LogP contribution >= 0.6 is 0 Å². The minimum Gasteiger partial charge on any atom is -0.378 e. The molecule has 1 aliphatic rings. The molecule has 1 aliphatic heterocycles. The van der Waals surface area contributed by atoms with E-state index in [9.17, 15) is 4.79 Å². The van der Waals surface area contributed by atoms with E-state index < -0.39 is 0 Å². The van der Waals surface area contributed by atoms with Crippen molar-refractivity contribution in [3.05, 3.63) is 48.3 Å². The summed E-state index contributed by atoms with van der Waals surface area (Å²) < 4.78 is 0. The zero-order valence-corrected chi connectivity index (χ0v) is 15.9. The topological polar surface area (TPSA) is 48.5 Å². The summed E-state index contributed by atoms with van der Waals surface area (Å²) in [6.45, 7) is 3.00. The molecule has 26 heavy (non-hydrogen) atoms. The molecule has 0 bridgehead atoms. The van der Waals surface area contributed by atoms with Crippen molar-refractivity contribution in [2.75, 3.05) is 30.9 Å². The lowest BCUT2D eigenvalue weighted by atomic mass is 9.99. The Kier molecular flexibility index (Phi) is 5.76. The number of hydrogen-bond donors (Lipinski definition) is 1. The molecule has 5 heteroatoms. The fraction of sp³-hybridized carbons (Fsp3) is 0.429. The number of pyridine rings is 1. The first-order valence-corrected chi connectivity index (χ1v) is 9.39. The average molecular weight is 352 g/mol. The third-order valence-corrected chi connectivity index (χ3v) is 5.02. The van der Waals surface area contributed by atoms with Crippen molar-refractivity contribution in [3.8, 4) is 0 Å². The van der Waals surface area contributed by atoms with Crippen LogP contribution in [0.1, 0.15) is 43.0 Å². The Morgan fingerprint density at radius 3 is 2.65 bits per heavy atom. The molecule has 1 fully saturated rings. The standard InChI is InChI=1S/C21H28N4O/c1-4-19-7-5-6-12-25(19)21(26)16-13-18(15-22-14-16)23-17-8-10-20(11-9-17)24(2)3/h8-11,13-15,19,23H,4-7,12H2,1-3H3. The van der Waals surface area contributed by atoms with Crippen LogP contribution in [0, 0.1) is 0 Å². The van der Waals surface area contributed by atoms with Gasteiger partial charge in [0, 0.05) is 44.3 Å². The molecule has 2 aromatic rings. The Hall–Kier alpha value is -2.56. The minimum absolute atomic E-state index is 0.0932. The molecule has 1 aromatic carbocycles. The SMILES string of the molecule is CCC1CCCCN1C(=O)c1cncc(Nc2ccc(N(C)C)cc2)c1. The Morgan fingerprint density at radius 2 is 1.96 bits per heavy atom. The Labute approximate surface area is 156 Å². The molecule has 1 N–H and O–H groups in total. The maximum Gasteiger partial charge on any atom is 0.255 e. The van der Waals surface area contributed by atoms with Gasteiger partial charge in [-0.05, 0) is 56.0 Å². The van der Waals surface area contributed by atoms with Gasteiger partial charge < -0.3 is 15.1 Å². The number of nitrogens with zero attached hydrogens (tertiary/aromatic N) is 3. The van der Waals surface area contributed by atoms with Crippen LogP contribution in [-0.4, -0.2) is 42.5 Å². The number of amides is 1. The maximum atomic E-state index is 12.9. The second kappa shape index (κ2) is 8.21. The summed E-state index contributed by atoms with van der Waals surface area (Å²) in [5.74, 6) is 0.0932. The highest BCUT2D eigenvalue weighted by atomic mass is 16.2. The minimum atomic E-state index is 0.0932. The van der Waals surface area contributed by atoms with Crippen molar-refractivity contribution in [1.82, 2.24) is 9.88 Å². The number of anilines is 3. The number of aromatic nitrogens is 1. The second-order valence-corrected chi connectivity index (χ2v) is 7.08. The number of hydrogen-bond acceptors (Lipinski definition) is 4. The summed E-state index contributed by atoms with van der Waals surface area (Å²) in [6, 6.07) is 10.4. The van der Waals surface area contributed by atoms with E-state index in [2.05, 4.69) is 34.3 Å². The number of likely N-dealkylation sites (tertiary alicyclic amines) is 1. The van der Waals surface area contributed by atoms with E-state index in [1.165, 1.54) is 6.42 Å². The molecular weight excluding hydrogens is 324 g/mol. The van der Waals surface area contributed by atoms with Gasteiger partial charge in [-0.15, -0.1) is 0 Å². The molecule has 5 nitrogen and oxygen atoms in total. The first-order chi connectivity index (χ1) is 12.6. The first kappa shape index (κ1) is 18.2. The van der Waals surface area contributed by atoms with Crippen LogP contribution in [0.25, 0.3) is 0 Å². The maximum absolute atomic E-state index is 12.9. The molecule has 1 saturated heterocycles. The summed E-state index contributed by atoms with van der Waals surface area (Å²) in [5, 5.41) is 3.34. The smallest absolute Gasteiger partial charge is 0.255 e. The fourth-order valence-electron chi connectivity index (χ4n) is 3.49. The van der Waals surface area contributed by atoms with Crippen LogP contribution in [0.15, 0.2) is 42.7 Å². The molecule has 1 atom stereocenters. The third-order valence-electron chi connectivity index (χ3n) is 5.02. The Morgan fingerprint density at radius 1 is 1.19 bits per heavy atom. The van der Waals surface area contributed by atoms with Gasteiger partial charge in [0.25, 0.3) is 5.91 Å². The van der Waals surface area contributed by atoms with Crippen molar-refractivity contribution in [2.24, 2.45) is 0 Å². The second-order valence-electron chi connectivity index (χ2n) is 7.08. The van der Waals surface area contributed by atoms with Crippen LogP contribution < -0.4 is 10.2 Å². The van der Waals surface area contributed by atoms with Crippen molar-refractivity contribution in [3.63, 3.8) is 0 Å². The number of piperidine rings is 1. The van der Waals surface area contributed by atoms with Crippen LogP contribution in [0.4, 0.5) is 17.1 Å². The fourth-order valence-corrected chi connectivity index (χ4v) is 3.49.